The molecule has 124 valence electrons. The van der Waals surface area contributed by atoms with E-state index in [4.69, 9.17) is 4.98 Å². The van der Waals surface area contributed by atoms with Crippen LogP contribution in [-0.4, -0.2) is 13.8 Å². The summed E-state index contributed by atoms with van der Waals surface area (Å²) in [5.41, 5.74) is 0.887. The molecule has 0 aromatic heterocycles. The van der Waals surface area contributed by atoms with Gasteiger partial charge in [-0.1, -0.05) is 85.8 Å². The van der Waals surface area contributed by atoms with Crippen molar-refractivity contribution in [1.82, 2.24) is 0 Å². The Morgan fingerprint density at radius 3 is 1.77 bits per heavy atom. The maximum Gasteiger partial charge on any atom is 4.00 e. The second-order valence-corrected chi connectivity index (χ2v) is 12.3. The molecule has 5 atom stereocenters. The van der Waals surface area contributed by atoms with Gasteiger partial charge < -0.3 is 19.8 Å². The minimum absolute atomic E-state index is 0. The topological polar surface area (TPSA) is 14.1 Å². The standard InChI is InChI=1S/C17H30NSi.2CH3.Ti/c1-12-13(2)16(15-11-9-8-10-14(12)15)19(6,7)18-17(3,4)5;;;/h8-16H,1-7H3;2*1H3;/q3*-1;+4. The van der Waals surface area contributed by atoms with Gasteiger partial charge in [0.25, 0.3) is 0 Å². The van der Waals surface area contributed by atoms with E-state index in [0.29, 0.717) is 0 Å². The molecule has 0 amide bonds. The fraction of sp³-hybridized carbons (Fsp3) is 0.684. The van der Waals surface area contributed by atoms with Crippen LogP contribution in [0, 0.1) is 38.5 Å². The van der Waals surface area contributed by atoms with Crippen LogP contribution in [0.5, 0.6) is 0 Å². The van der Waals surface area contributed by atoms with Crippen LogP contribution in [0.25, 0.3) is 4.98 Å². The van der Waals surface area contributed by atoms with E-state index in [1.54, 1.807) is 0 Å². The Kier molecular flexibility index (Phi) is 9.47. The molecule has 0 spiro atoms. The number of rotatable bonds is 2. The molecule has 2 aliphatic carbocycles. The molecule has 0 heterocycles. The number of hydrogen-bond donors (Lipinski definition) is 0. The quantitative estimate of drug-likeness (QED) is 0.409. The third kappa shape index (κ3) is 4.93. The summed E-state index contributed by atoms with van der Waals surface area (Å²) in [6, 6.07) is 0. The van der Waals surface area contributed by atoms with Crippen LogP contribution >= 0.6 is 0 Å². The van der Waals surface area contributed by atoms with Crippen molar-refractivity contribution in [2.45, 2.75) is 58.8 Å². The zero-order valence-electron chi connectivity index (χ0n) is 16.1. The van der Waals surface area contributed by atoms with Gasteiger partial charge in [-0.15, -0.1) is 5.54 Å². The van der Waals surface area contributed by atoms with Gasteiger partial charge in [0, 0.05) is 0 Å². The summed E-state index contributed by atoms with van der Waals surface area (Å²) in [6.07, 6.45) is 9.39. The molecule has 0 radical (unpaired) electrons. The predicted molar refractivity (Wildman–Crippen MR) is 101 cm³/mol. The predicted octanol–water partition coefficient (Wildman–Crippen LogP) is 6.28. The minimum atomic E-state index is -1.58. The van der Waals surface area contributed by atoms with E-state index in [0.717, 1.165) is 29.2 Å². The molecule has 1 nitrogen and oxygen atoms in total. The molecule has 22 heavy (non-hydrogen) atoms. The molecule has 0 saturated heterocycles. The molecule has 0 N–H and O–H groups in total. The molecular formula is C19H36NSiTi+. The SMILES string of the molecule is CC1C(C)C([Si](C)(C)[N-]C(C)(C)C)C2C=CC=CC12.[CH3-].[CH3-].[Ti+4]. The molecule has 0 bridgehead atoms. The van der Waals surface area contributed by atoms with Crippen LogP contribution < -0.4 is 0 Å². The summed E-state index contributed by atoms with van der Waals surface area (Å²) in [4.78, 5) is 5.28. The van der Waals surface area contributed by atoms with Gasteiger partial charge in [0.05, 0.1) is 0 Å². The molecule has 1 fully saturated rings. The summed E-state index contributed by atoms with van der Waals surface area (Å²) in [5.74, 6) is 3.04. The van der Waals surface area contributed by atoms with Crippen molar-refractivity contribution < 1.29 is 21.7 Å². The van der Waals surface area contributed by atoms with Gasteiger partial charge in [0.15, 0.2) is 0 Å². The summed E-state index contributed by atoms with van der Waals surface area (Å²) in [6.45, 7) is 16.6. The first-order valence-electron chi connectivity index (χ1n) is 7.72. The van der Waals surface area contributed by atoms with Crippen molar-refractivity contribution >= 4 is 8.24 Å². The molecule has 1 saturated carbocycles. The first kappa shape index (κ1) is 24.6. The van der Waals surface area contributed by atoms with Crippen LogP contribution in [0.2, 0.25) is 18.6 Å². The monoisotopic (exact) mass is 354 g/mol. The summed E-state index contributed by atoms with van der Waals surface area (Å²) < 4.78 is 0. The Balaban J connectivity index is 0. The van der Waals surface area contributed by atoms with E-state index in [-0.39, 0.29) is 42.1 Å². The number of allylic oxidation sites excluding steroid dienone is 4. The number of hydrogen-bond acceptors (Lipinski definition) is 0. The normalized spacial score (nSPS) is 33.3. The van der Waals surface area contributed by atoms with Gasteiger partial charge in [0.2, 0.25) is 0 Å². The minimum Gasteiger partial charge on any atom is -0.660 e. The van der Waals surface area contributed by atoms with E-state index in [1.807, 2.05) is 0 Å². The van der Waals surface area contributed by atoms with Gasteiger partial charge in [-0.2, -0.15) is 0 Å². The molecule has 2 rings (SSSR count). The second-order valence-electron chi connectivity index (χ2n) is 8.10. The molecule has 3 heteroatoms. The van der Waals surface area contributed by atoms with Crippen molar-refractivity contribution in [2.75, 3.05) is 0 Å². The number of fused-ring (bicyclic) bond motifs is 1. The first-order valence-corrected chi connectivity index (χ1v) is 10.7. The maximum atomic E-state index is 5.28. The maximum absolute atomic E-state index is 5.28. The van der Waals surface area contributed by atoms with Crippen molar-refractivity contribution in [3.05, 3.63) is 44.1 Å². The Morgan fingerprint density at radius 1 is 0.864 bits per heavy atom. The summed E-state index contributed by atoms with van der Waals surface area (Å²) >= 11 is 0. The number of nitrogens with zero attached hydrogens (tertiary/aromatic N) is 1. The Labute approximate surface area is 156 Å². The average molecular weight is 354 g/mol. The molecule has 0 aliphatic heterocycles. The van der Waals surface area contributed by atoms with E-state index < -0.39 is 8.24 Å². The van der Waals surface area contributed by atoms with E-state index in [9.17, 15) is 0 Å². The van der Waals surface area contributed by atoms with Crippen molar-refractivity contribution in [3.8, 4) is 0 Å². The van der Waals surface area contributed by atoms with E-state index >= 15 is 0 Å². The third-order valence-electron chi connectivity index (χ3n) is 5.08. The Bertz CT molecular complexity index is 395. The molecular weight excluding hydrogens is 318 g/mol. The Morgan fingerprint density at radius 2 is 1.32 bits per heavy atom. The van der Waals surface area contributed by atoms with Gasteiger partial charge in [-0.25, -0.2) is 0 Å². The van der Waals surface area contributed by atoms with Gasteiger partial charge in [-0.3, -0.25) is 0 Å². The van der Waals surface area contributed by atoms with Gasteiger partial charge >= 0.3 is 21.7 Å². The second kappa shape index (κ2) is 8.46. The molecule has 5 unspecified atom stereocenters. The smallest absolute Gasteiger partial charge is 0.660 e. The third-order valence-corrected chi connectivity index (χ3v) is 8.87. The fourth-order valence-corrected chi connectivity index (χ4v) is 9.35. The van der Waals surface area contributed by atoms with E-state index in [2.05, 4.69) is 72.0 Å². The molecule has 2 aliphatic rings. The van der Waals surface area contributed by atoms with Crippen LogP contribution in [0.15, 0.2) is 24.3 Å². The molecule has 0 aromatic carbocycles. The van der Waals surface area contributed by atoms with Gasteiger partial charge in [-0.05, 0) is 23.7 Å². The van der Waals surface area contributed by atoms with Crippen LogP contribution in [-0.2, 0) is 21.7 Å². The zero-order valence-corrected chi connectivity index (χ0v) is 18.7. The van der Waals surface area contributed by atoms with Crippen LogP contribution in [0.3, 0.4) is 0 Å². The van der Waals surface area contributed by atoms with Crippen molar-refractivity contribution in [3.63, 3.8) is 0 Å². The van der Waals surface area contributed by atoms with Crippen LogP contribution in [0.1, 0.15) is 34.6 Å². The zero-order chi connectivity index (χ0) is 14.4. The summed E-state index contributed by atoms with van der Waals surface area (Å²) in [5, 5.41) is 0. The first-order chi connectivity index (χ1) is 8.63. The fourth-order valence-electron chi connectivity index (χ4n) is 4.61. The van der Waals surface area contributed by atoms with Gasteiger partial charge in [0.1, 0.15) is 0 Å². The van der Waals surface area contributed by atoms with Crippen LogP contribution in [0.4, 0.5) is 0 Å². The average Bonchev–Trinajstić information content (AvgIpc) is 2.49. The van der Waals surface area contributed by atoms with Crippen molar-refractivity contribution in [1.29, 1.82) is 0 Å². The summed E-state index contributed by atoms with van der Waals surface area (Å²) in [7, 11) is -1.58. The van der Waals surface area contributed by atoms with Crippen molar-refractivity contribution in [2.24, 2.45) is 23.7 Å². The molecule has 0 aromatic rings. The largest absolute Gasteiger partial charge is 4.00 e. The van der Waals surface area contributed by atoms with E-state index in [1.165, 1.54) is 0 Å². The Hall–Kier alpha value is 0.371.